The van der Waals surface area contributed by atoms with Gasteiger partial charge in [-0.2, -0.15) is 0 Å². The molecule has 0 amide bonds. The van der Waals surface area contributed by atoms with Gasteiger partial charge in [0.25, 0.3) is 0 Å². The lowest BCUT2D eigenvalue weighted by Crippen LogP contribution is -2.46. The van der Waals surface area contributed by atoms with Gasteiger partial charge in [0.15, 0.2) is 0 Å². The smallest absolute Gasteiger partial charge is 0.240 e. The topological polar surface area (TPSA) is 75.6 Å². The van der Waals surface area contributed by atoms with Gasteiger partial charge in [0.1, 0.15) is 0 Å². The summed E-state index contributed by atoms with van der Waals surface area (Å²) >= 11 is 5.84. The van der Waals surface area contributed by atoms with Crippen LogP contribution in [0.2, 0.25) is 5.02 Å². The summed E-state index contributed by atoms with van der Waals surface area (Å²) in [6.07, 6.45) is 0.841. The van der Waals surface area contributed by atoms with E-state index in [1.807, 2.05) is 0 Å². The first-order valence-electron chi connectivity index (χ1n) is 6.38. The van der Waals surface area contributed by atoms with Crippen LogP contribution in [0, 0.1) is 6.92 Å². The number of sulfonamides is 1. The van der Waals surface area contributed by atoms with Crippen molar-refractivity contribution in [3.05, 3.63) is 28.8 Å². The van der Waals surface area contributed by atoms with Crippen molar-refractivity contribution in [3.63, 3.8) is 0 Å². The highest BCUT2D eigenvalue weighted by Gasteiger charge is 2.31. The fourth-order valence-electron chi connectivity index (χ4n) is 2.10. The number of aliphatic hydroxyl groups is 1. The second-order valence-corrected chi connectivity index (χ2v) is 7.24. The van der Waals surface area contributed by atoms with Gasteiger partial charge in [-0.1, -0.05) is 17.7 Å². The first-order valence-corrected chi connectivity index (χ1v) is 8.24. The maximum Gasteiger partial charge on any atom is 0.240 e. The van der Waals surface area contributed by atoms with Crippen LogP contribution in [0.15, 0.2) is 23.1 Å². The third kappa shape index (κ3) is 3.71. The summed E-state index contributed by atoms with van der Waals surface area (Å²) < 4.78 is 32.2. The molecule has 1 aromatic rings. The molecular weight excluding hydrogens is 302 g/mol. The number of aryl methyl sites for hydroxylation is 1. The average Bonchev–Trinajstić information content (AvgIpc) is 2.40. The normalized spacial score (nSPS) is 18.9. The second-order valence-electron chi connectivity index (χ2n) is 5.07. The van der Waals surface area contributed by atoms with Crippen LogP contribution in [0.1, 0.15) is 18.4 Å². The zero-order valence-electron chi connectivity index (χ0n) is 11.2. The molecule has 112 valence electrons. The van der Waals surface area contributed by atoms with E-state index in [2.05, 4.69) is 4.72 Å². The summed E-state index contributed by atoms with van der Waals surface area (Å²) in [5, 5.41) is 10.6. The summed E-state index contributed by atoms with van der Waals surface area (Å²) in [6, 6.07) is 4.70. The quantitative estimate of drug-likeness (QED) is 0.881. The molecule has 0 unspecified atom stereocenters. The van der Waals surface area contributed by atoms with Crippen LogP contribution in [0.5, 0.6) is 0 Å². The molecule has 2 rings (SSSR count). The van der Waals surface area contributed by atoms with Crippen molar-refractivity contribution in [1.29, 1.82) is 0 Å². The summed E-state index contributed by atoms with van der Waals surface area (Å²) in [4.78, 5) is 0.139. The van der Waals surface area contributed by atoms with E-state index in [4.69, 9.17) is 16.3 Å². The number of halogens is 1. The summed E-state index contributed by atoms with van der Waals surface area (Å²) in [5.41, 5.74) is -0.432. The minimum Gasteiger partial charge on any atom is -0.388 e. The largest absolute Gasteiger partial charge is 0.388 e. The van der Waals surface area contributed by atoms with E-state index in [1.54, 1.807) is 19.1 Å². The van der Waals surface area contributed by atoms with Crippen molar-refractivity contribution in [2.75, 3.05) is 19.8 Å². The van der Waals surface area contributed by atoms with E-state index in [1.165, 1.54) is 6.07 Å². The molecule has 1 aliphatic rings. The summed E-state index contributed by atoms with van der Waals surface area (Å²) in [5.74, 6) is 0. The molecule has 7 heteroatoms. The highest BCUT2D eigenvalue weighted by atomic mass is 35.5. The van der Waals surface area contributed by atoms with Gasteiger partial charge in [-0.05, 0) is 24.6 Å². The Morgan fingerprint density at radius 2 is 2.05 bits per heavy atom. The standard InChI is InChI=1S/C13H18ClNO4S/c1-10-2-3-11(14)8-12(10)20(17,18)15-9-13(16)4-6-19-7-5-13/h2-3,8,15-16H,4-7,9H2,1H3. The van der Waals surface area contributed by atoms with Gasteiger partial charge in [0, 0.05) is 37.6 Å². The molecule has 1 saturated heterocycles. The number of hydrogen-bond acceptors (Lipinski definition) is 4. The lowest BCUT2D eigenvalue weighted by atomic mass is 9.95. The summed E-state index contributed by atoms with van der Waals surface area (Å²) in [6.45, 7) is 2.56. The number of benzene rings is 1. The Morgan fingerprint density at radius 3 is 2.70 bits per heavy atom. The van der Waals surface area contributed by atoms with Crippen molar-refractivity contribution in [1.82, 2.24) is 4.72 Å². The Labute approximate surface area is 124 Å². The molecule has 0 spiro atoms. The van der Waals surface area contributed by atoms with Gasteiger partial charge in [-0.25, -0.2) is 13.1 Å². The predicted molar refractivity (Wildman–Crippen MR) is 76.4 cm³/mol. The van der Waals surface area contributed by atoms with Crippen molar-refractivity contribution in [2.45, 2.75) is 30.3 Å². The van der Waals surface area contributed by atoms with Gasteiger partial charge in [-0.3, -0.25) is 0 Å². The number of hydrogen-bond donors (Lipinski definition) is 2. The maximum atomic E-state index is 12.3. The second kappa shape index (κ2) is 5.99. The van der Waals surface area contributed by atoms with Crippen molar-refractivity contribution >= 4 is 21.6 Å². The molecule has 0 saturated carbocycles. The molecule has 0 atom stereocenters. The zero-order valence-corrected chi connectivity index (χ0v) is 12.8. The summed E-state index contributed by atoms with van der Waals surface area (Å²) in [7, 11) is -3.69. The highest BCUT2D eigenvalue weighted by Crippen LogP contribution is 2.23. The molecule has 1 aromatic carbocycles. The Morgan fingerprint density at radius 1 is 1.40 bits per heavy atom. The molecular formula is C13H18ClNO4S. The molecule has 0 radical (unpaired) electrons. The molecule has 5 nitrogen and oxygen atoms in total. The van der Waals surface area contributed by atoms with Crippen molar-refractivity contribution in [2.24, 2.45) is 0 Å². The molecule has 2 N–H and O–H groups in total. The maximum absolute atomic E-state index is 12.3. The fourth-order valence-corrected chi connectivity index (χ4v) is 3.72. The minimum atomic E-state index is -3.69. The molecule has 1 aliphatic heterocycles. The van der Waals surface area contributed by atoms with Crippen LogP contribution in [-0.4, -0.2) is 38.9 Å². The fraction of sp³-hybridized carbons (Fsp3) is 0.538. The van der Waals surface area contributed by atoms with Crippen LogP contribution >= 0.6 is 11.6 Å². The molecule has 0 aliphatic carbocycles. The van der Waals surface area contributed by atoms with Crippen molar-refractivity contribution in [3.8, 4) is 0 Å². The van der Waals surface area contributed by atoms with E-state index in [9.17, 15) is 13.5 Å². The van der Waals surface area contributed by atoms with Gasteiger partial charge in [-0.15, -0.1) is 0 Å². The highest BCUT2D eigenvalue weighted by molar-refractivity contribution is 7.89. The molecule has 20 heavy (non-hydrogen) atoms. The lowest BCUT2D eigenvalue weighted by molar-refractivity contribution is -0.0588. The van der Waals surface area contributed by atoms with Crippen LogP contribution in [0.4, 0.5) is 0 Å². The van der Waals surface area contributed by atoms with Gasteiger partial charge >= 0.3 is 0 Å². The first-order chi connectivity index (χ1) is 9.32. The van der Waals surface area contributed by atoms with E-state index in [0.717, 1.165) is 0 Å². The Bertz CT molecular complexity index is 582. The Hall–Kier alpha value is -0.660. The van der Waals surface area contributed by atoms with Gasteiger partial charge in [0.05, 0.1) is 10.5 Å². The molecule has 0 aromatic heterocycles. The van der Waals surface area contributed by atoms with Crippen LogP contribution in [-0.2, 0) is 14.8 Å². The number of ether oxygens (including phenoxy) is 1. The van der Waals surface area contributed by atoms with E-state index in [0.29, 0.717) is 36.6 Å². The molecule has 0 bridgehead atoms. The van der Waals surface area contributed by atoms with Crippen LogP contribution < -0.4 is 4.72 Å². The van der Waals surface area contributed by atoms with E-state index in [-0.39, 0.29) is 11.4 Å². The number of nitrogens with one attached hydrogen (secondary N) is 1. The first kappa shape index (κ1) is 15.7. The molecule has 1 fully saturated rings. The number of rotatable bonds is 4. The minimum absolute atomic E-state index is 0.0232. The monoisotopic (exact) mass is 319 g/mol. The van der Waals surface area contributed by atoms with Crippen LogP contribution in [0.25, 0.3) is 0 Å². The van der Waals surface area contributed by atoms with Crippen LogP contribution in [0.3, 0.4) is 0 Å². The van der Waals surface area contributed by atoms with Crippen molar-refractivity contribution < 1.29 is 18.3 Å². The van der Waals surface area contributed by atoms with E-state index < -0.39 is 15.6 Å². The Kier molecular flexibility index (Phi) is 4.71. The van der Waals surface area contributed by atoms with Gasteiger partial charge in [0.2, 0.25) is 10.0 Å². The molecule has 1 heterocycles. The lowest BCUT2D eigenvalue weighted by Gasteiger charge is -2.32. The van der Waals surface area contributed by atoms with E-state index >= 15 is 0 Å². The van der Waals surface area contributed by atoms with Gasteiger partial charge < -0.3 is 9.84 Å². The predicted octanol–water partition coefficient (Wildman–Crippen LogP) is 1.47. The third-order valence-electron chi connectivity index (χ3n) is 3.45. The third-order valence-corrected chi connectivity index (χ3v) is 5.23. The zero-order chi connectivity index (χ0) is 14.8. The Balaban J connectivity index is 2.13. The average molecular weight is 320 g/mol. The SMILES string of the molecule is Cc1ccc(Cl)cc1S(=O)(=O)NCC1(O)CCOCC1.